The average Bonchev–Trinajstić information content (AvgIpc) is 3.19. The Balaban J connectivity index is 1.37. The minimum atomic E-state index is -0.583. The number of amides is 1. The predicted octanol–water partition coefficient (Wildman–Crippen LogP) is 2.67. The Kier molecular flexibility index (Phi) is 6.51. The molecule has 0 aliphatic carbocycles. The summed E-state index contributed by atoms with van der Waals surface area (Å²) in [5.41, 5.74) is 5.17. The summed E-state index contributed by atoms with van der Waals surface area (Å²) in [5.74, 6) is 1.68. The molecule has 1 aromatic heterocycles. The van der Waals surface area contributed by atoms with Crippen molar-refractivity contribution in [3.63, 3.8) is 0 Å². The summed E-state index contributed by atoms with van der Waals surface area (Å²) in [4.78, 5) is 15.2. The van der Waals surface area contributed by atoms with Crippen LogP contribution in [0.2, 0.25) is 0 Å². The van der Waals surface area contributed by atoms with Gasteiger partial charge in [0, 0.05) is 13.6 Å². The van der Waals surface area contributed by atoms with Crippen LogP contribution in [0.25, 0.3) is 10.8 Å². The molecule has 0 aliphatic rings. The summed E-state index contributed by atoms with van der Waals surface area (Å²) in [6.07, 6.45) is 0.820. The van der Waals surface area contributed by atoms with Gasteiger partial charge in [0.2, 0.25) is 0 Å². The number of hydrogen-bond donors (Lipinski definition) is 3. The van der Waals surface area contributed by atoms with Crippen molar-refractivity contribution in [3.05, 3.63) is 66.1 Å². The number of furan rings is 1. The topological polar surface area (TPSA) is 102 Å². The number of hydrogen-bond acceptors (Lipinski definition) is 4. The standard InChI is InChI=1S/C21H24N4O3/c1-23-21(25-14-18-9-10-19(28-18)20(22)26)24-11-4-12-27-17-8-7-15-5-2-3-6-16(15)13-17/h2-3,5-10,13H,4,11-12,14H2,1H3,(H2,22,26)(H2,23,24,25). The van der Waals surface area contributed by atoms with E-state index >= 15 is 0 Å². The fourth-order valence-corrected chi connectivity index (χ4v) is 2.72. The van der Waals surface area contributed by atoms with Gasteiger partial charge in [-0.1, -0.05) is 30.3 Å². The van der Waals surface area contributed by atoms with E-state index in [9.17, 15) is 4.79 Å². The molecular formula is C21H24N4O3. The van der Waals surface area contributed by atoms with Gasteiger partial charge in [0.25, 0.3) is 5.91 Å². The Hall–Kier alpha value is -3.48. The van der Waals surface area contributed by atoms with Crippen LogP contribution in [0.4, 0.5) is 0 Å². The number of fused-ring (bicyclic) bond motifs is 1. The molecule has 1 heterocycles. The number of nitrogens with zero attached hydrogens (tertiary/aromatic N) is 1. The second-order valence-corrected chi connectivity index (χ2v) is 6.19. The minimum Gasteiger partial charge on any atom is -0.494 e. The van der Waals surface area contributed by atoms with Gasteiger partial charge in [-0.05, 0) is 41.5 Å². The van der Waals surface area contributed by atoms with Crippen molar-refractivity contribution in [1.82, 2.24) is 10.6 Å². The van der Waals surface area contributed by atoms with Crippen LogP contribution >= 0.6 is 0 Å². The van der Waals surface area contributed by atoms with Gasteiger partial charge in [-0.2, -0.15) is 0 Å². The molecule has 146 valence electrons. The van der Waals surface area contributed by atoms with Crippen molar-refractivity contribution in [3.8, 4) is 5.75 Å². The number of ether oxygens (including phenoxy) is 1. The molecule has 2 aromatic carbocycles. The van der Waals surface area contributed by atoms with E-state index in [0.29, 0.717) is 31.4 Å². The predicted molar refractivity (Wildman–Crippen MR) is 109 cm³/mol. The van der Waals surface area contributed by atoms with Crippen LogP contribution in [0.5, 0.6) is 5.75 Å². The molecule has 0 radical (unpaired) electrons. The number of carbonyl (C=O) groups excluding carboxylic acids is 1. The first-order chi connectivity index (χ1) is 13.7. The van der Waals surface area contributed by atoms with E-state index in [-0.39, 0.29) is 5.76 Å². The van der Waals surface area contributed by atoms with Crippen LogP contribution in [0, 0.1) is 0 Å². The number of nitrogens with two attached hydrogens (primary N) is 1. The molecule has 0 saturated carbocycles. The van der Waals surface area contributed by atoms with E-state index in [4.69, 9.17) is 14.9 Å². The minimum absolute atomic E-state index is 0.144. The van der Waals surface area contributed by atoms with Crippen LogP contribution in [0.15, 0.2) is 64.0 Å². The molecule has 3 rings (SSSR count). The maximum absolute atomic E-state index is 11.0. The van der Waals surface area contributed by atoms with Crippen molar-refractivity contribution in [2.75, 3.05) is 20.2 Å². The molecule has 0 spiro atoms. The van der Waals surface area contributed by atoms with E-state index < -0.39 is 5.91 Å². The third-order valence-corrected chi connectivity index (χ3v) is 4.16. The van der Waals surface area contributed by atoms with Crippen LogP contribution in [0.3, 0.4) is 0 Å². The molecule has 7 heteroatoms. The maximum atomic E-state index is 11.0. The molecule has 0 fully saturated rings. The van der Waals surface area contributed by atoms with E-state index in [1.54, 1.807) is 19.2 Å². The zero-order chi connectivity index (χ0) is 19.8. The highest BCUT2D eigenvalue weighted by Crippen LogP contribution is 2.20. The molecule has 7 nitrogen and oxygen atoms in total. The Labute approximate surface area is 163 Å². The van der Waals surface area contributed by atoms with Crippen LogP contribution in [-0.4, -0.2) is 32.1 Å². The van der Waals surface area contributed by atoms with Gasteiger partial charge in [-0.15, -0.1) is 0 Å². The van der Waals surface area contributed by atoms with Crippen LogP contribution < -0.4 is 21.1 Å². The summed E-state index contributed by atoms with van der Waals surface area (Å²) in [6, 6.07) is 17.6. The largest absolute Gasteiger partial charge is 0.494 e. The Morgan fingerprint density at radius 2 is 1.93 bits per heavy atom. The third-order valence-electron chi connectivity index (χ3n) is 4.16. The first kappa shape index (κ1) is 19.3. The lowest BCUT2D eigenvalue weighted by Crippen LogP contribution is -2.37. The summed E-state index contributed by atoms with van der Waals surface area (Å²) in [5, 5.41) is 8.70. The van der Waals surface area contributed by atoms with Gasteiger partial charge in [0.1, 0.15) is 11.5 Å². The summed E-state index contributed by atoms with van der Waals surface area (Å²) >= 11 is 0. The number of aliphatic imine (C=N–C) groups is 1. The van der Waals surface area contributed by atoms with Gasteiger partial charge in [0.05, 0.1) is 13.2 Å². The third kappa shape index (κ3) is 5.26. The molecule has 0 unspecified atom stereocenters. The number of rotatable bonds is 8. The van der Waals surface area contributed by atoms with Gasteiger partial charge >= 0.3 is 0 Å². The van der Waals surface area contributed by atoms with Gasteiger partial charge < -0.3 is 25.5 Å². The van der Waals surface area contributed by atoms with E-state index in [0.717, 1.165) is 12.2 Å². The molecule has 4 N–H and O–H groups in total. The maximum Gasteiger partial charge on any atom is 0.284 e. The van der Waals surface area contributed by atoms with Gasteiger partial charge in [-0.3, -0.25) is 9.79 Å². The number of nitrogens with one attached hydrogen (secondary N) is 2. The normalized spacial score (nSPS) is 11.4. The quantitative estimate of drug-likeness (QED) is 0.317. The fraction of sp³-hybridized carbons (Fsp3) is 0.238. The Bertz CT molecular complexity index is 965. The van der Waals surface area contributed by atoms with Crippen molar-refractivity contribution in [2.45, 2.75) is 13.0 Å². The molecule has 0 bridgehead atoms. The zero-order valence-corrected chi connectivity index (χ0v) is 15.8. The lowest BCUT2D eigenvalue weighted by Gasteiger charge is -2.11. The van der Waals surface area contributed by atoms with Crippen molar-refractivity contribution in [2.24, 2.45) is 10.7 Å². The smallest absolute Gasteiger partial charge is 0.284 e. The number of carbonyl (C=O) groups is 1. The monoisotopic (exact) mass is 380 g/mol. The molecule has 3 aromatic rings. The fourth-order valence-electron chi connectivity index (χ4n) is 2.72. The summed E-state index contributed by atoms with van der Waals surface area (Å²) in [7, 11) is 1.69. The first-order valence-electron chi connectivity index (χ1n) is 9.10. The molecule has 0 atom stereocenters. The number of guanidine groups is 1. The SMILES string of the molecule is CN=C(NCCCOc1ccc2ccccc2c1)NCc1ccc(C(N)=O)o1. The van der Waals surface area contributed by atoms with Crippen LogP contribution in [0.1, 0.15) is 22.7 Å². The summed E-state index contributed by atoms with van der Waals surface area (Å²) in [6.45, 7) is 1.71. The lowest BCUT2D eigenvalue weighted by atomic mass is 10.1. The molecule has 0 saturated heterocycles. The lowest BCUT2D eigenvalue weighted by molar-refractivity contribution is 0.0972. The Morgan fingerprint density at radius 1 is 1.11 bits per heavy atom. The van der Waals surface area contributed by atoms with E-state index in [1.807, 2.05) is 24.3 Å². The average molecular weight is 380 g/mol. The summed E-state index contributed by atoms with van der Waals surface area (Å²) < 4.78 is 11.1. The Morgan fingerprint density at radius 3 is 2.68 bits per heavy atom. The number of benzene rings is 2. The zero-order valence-electron chi connectivity index (χ0n) is 15.8. The van der Waals surface area contributed by atoms with Crippen LogP contribution in [-0.2, 0) is 6.54 Å². The van der Waals surface area contributed by atoms with Gasteiger partial charge in [0.15, 0.2) is 11.7 Å². The van der Waals surface area contributed by atoms with E-state index in [1.165, 1.54) is 10.8 Å². The van der Waals surface area contributed by atoms with Crippen molar-refractivity contribution < 1.29 is 13.9 Å². The second-order valence-electron chi connectivity index (χ2n) is 6.19. The molecule has 0 aliphatic heterocycles. The highest BCUT2D eigenvalue weighted by molar-refractivity contribution is 5.89. The molecular weight excluding hydrogens is 356 g/mol. The van der Waals surface area contributed by atoms with Gasteiger partial charge in [-0.25, -0.2) is 0 Å². The number of primary amides is 1. The highest BCUT2D eigenvalue weighted by atomic mass is 16.5. The second kappa shape index (κ2) is 9.45. The molecule has 28 heavy (non-hydrogen) atoms. The first-order valence-corrected chi connectivity index (χ1v) is 9.10. The van der Waals surface area contributed by atoms with Crippen molar-refractivity contribution in [1.29, 1.82) is 0 Å². The molecule has 1 amide bonds. The van der Waals surface area contributed by atoms with E-state index in [2.05, 4.69) is 33.8 Å². The van der Waals surface area contributed by atoms with Crippen molar-refractivity contribution >= 4 is 22.6 Å². The highest BCUT2D eigenvalue weighted by Gasteiger charge is 2.07.